The van der Waals surface area contributed by atoms with Gasteiger partial charge in [-0.15, -0.1) is 0 Å². The number of aliphatic hydroxyl groups excluding tert-OH is 1. The van der Waals surface area contributed by atoms with Gasteiger partial charge in [-0.25, -0.2) is 0 Å². The number of hydrogen-bond acceptors (Lipinski definition) is 4. The monoisotopic (exact) mass is 338 g/mol. The molecule has 0 aromatic carbocycles. The molecule has 0 aromatic rings. The van der Waals surface area contributed by atoms with Crippen molar-refractivity contribution in [2.24, 2.45) is 16.7 Å². The van der Waals surface area contributed by atoms with Crippen LogP contribution >= 0.6 is 0 Å². The lowest BCUT2D eigenvalue weighted by Crippen LogP contribution is -2.48. The molecule has 2 aliphatic carbocycles. The zero-order valence-corrected chi connectivity index (χ0v) is 16.3. The van der Waals surface area contributed by atoms with E-state index in [-0.39, 0.29) is 6.10 Å². The Labute approximate surface area is 148 Å². The molecule has 1 saturated heterocycles. The molecule has 3 aliphatic rings. The highest BCUT2D eigenvalue weighted by Gasteiger charge is 2.61. The van der Waals surface area contributed by atoms with Crippen LogP contribution in [-0.2, 0) is 4.74 Å². The maximum Gasteiger partial charge on any atom is 0.0689 e. The summed E-state index contributed by atoms with van der Waals surface area (Å²) in [6.07, 6.45) is 4.81. The molecule has 0 aromatic heterocycles. The average Bonchev–Trinajstić information content (AvgIpc) is 2.89. The molecule has 4 heteroatoms. The van der Waals surface area contributed by atoms with Crippen molar-refractivity contribution in [2.75, 3.05) is 45.9 Å². The van der Waals surface area contributed by atoms with Crippen LogP contribution in [0.4, 0.5) is 0 Å². The third kappa shape index (κ3) is 3.40. The second-order valence-electron chi connectivity index (χ2n) is 9.15. The first-order valence-electron chi connectivity index (χ1n) is 10.1. The predicted molar refractivity (Wildman–Crippen MR) is 98.1 cm³/mol. The number of aliphatic hydroxyl groups is 1. The molecule has 1 aliphatic heterocycles. The summed E-state index contributed by atoms with van der Waals surface area (Å²) in [4.78, 5) is 4.88. The van der Waals surface area contributed by atoms with Gasteiger partial charge in [0.2, 0.25) is 0 Å². The Balaban J connectivity index is 1.37. The molecule has 4 nitrogen and oxygen atoms in total. The van der Waals surface area contributed by atoms with Crippen molar-refractivity contribution in [1.29, 1.82) is 0 Å². The number of ether oxygens (including phenoxy) is 1. The third-order valence-electron chi connectivity index (χ3n) is 7.87. The Morgan fingerprint density at radius 1 is 1.12 bits per heavy atom. The van der Waals surface area contributed by atoms with Crippen LogP contribution in [0.3, 0.4) is 0 Å². The summed E-state index contributed by atoms with van der Waals surface area (Å²) < 4.78 is 6.28. The molecule has 24 heavy (non-hydrogen) atoms. The van der Waals surface area contributed by atoms with Gasteiger partial charge >= 0.3 is 0 Å². The SMILES string of the molecule is CCN1CCN(C[C@@H](O)CCO[C@H]2C[C@@H]3CC[C@]2(C)C3(C)C)CC1. The van der Waals surface area contributed by atoms with Crippen LogP contribution in [0.1, 0.15) is 53.4 Å². The van der Waals surface area contributed by atoms with Crippen LogP contribution in [0.15, 0.2) is 0 Å². The van der Waals surface area contributed by atoms with E-state index < -0.39 is 0 Å². The van der Waals surface area contributed by atoms with Crippen molar-refractivity contribution < 1.29 is 9.84 Å². The second kappa shape index (κ2) is 7.22. The first kappa shape index (κ1) is 18.6. The Kier molecular flexibility index (Phi) is 5.60. The van der Waals surface area contributed by atoms with Crippen LogP contribution in [0.5, 0.6) is 0 Å². The quantitative estimate of drug-likeness (QED) is 0.774. The van der Waals surface area contributed by atoms with Crippen molar-refractivity contribution in [3.05, 3.63) is 0 Å². The summed E-state index contributed by atoms with van der Waals surface area (Å²) >= 11 is 0. The Hall–Kier alpha value is -0.160. The molecule has 3 fully saturated rings. The molecule has 0 amide bonds. The highest BCUT2D eigenvalue weighted by Crippen LogP contribution is 2.66. The summed E-state index contributed by atoms with van der Waals surface area (Å²) in [5, 5.41) is 10.4. The fraction of sp³-hybridized carbons (Fsp3) is 1.00. The first-order valence-corrected chi connectivity index (χ1v) is 10.1. The Morgan fingerprint density at radius 3 is 2.33 bits per heavy atom. The molecule has 140 valence electrons. The highest BCUT2D eigenvalue weighted by atomic mass is 16.5. The van der Waals surface area contributed by atoms with Gasteiger partial charge < -0.3 is 14.7 Å². The Morgan fingerprint density at radius 2 is 1.79 bits per heavy atom. The lowest BCUT2D eigenvalue weighted by molar-refractivity contribution is -0.0570. The molecular formula is C20H38N2O2. The van der Waals surface area contributed by atoms with Crippen LogP contribution in [0.2, 0.25) is 0 Å². The van der Waals surface area contributed by atoms with E-state index >= 15 is 0 Å². The van der Waals surface area contributed by atoms with Crippen molar-refractivity contribution in [2.45, 2.75) is 65.6 Å². The largest absolute Gasteiger partial charge is 0.392 e. The molecule has 2 saturated carbocycles. The molecule has 0 spiro atoms. The molecular weight excluding hydrogens is 300 g/mol. The topological polar surface area (TPSA) is 35.9 Å². The second-order valence-corrected chi connectivity index (χ2v) is 9.15. The zero-order chi connectivity index (χ0) is 17.4. The van der Waals surface area contributed by atoms with Gasteiger partial charge in [0.15, 0.2) is 0 Å². The number of hydrogen-bond donors (Lipinski definition) is 1. The van der Waals surface area contributed by atoms with Gasteiger partial charge in [-0.3, -0.25) is 4.90 Å². The van der Waals surface area contributed by atoms with Gasteiger partial charge in [-0.05, 0) is 49.0 Å². The molecule has 4 atom stereocenters. The zero-order valence-electron chi connectivity index (χ0n) is 16.3. The maximum atomic E-state index is 10.4. The number of piperazine rings is 1. The minimum atomic E-state index is -0.252. The first-order chi connectivity index (χ1) is 11.4. The van der Waals surface area contributed by atoms with Gasteiger partial charge in [-0.2, -0.15) is 0 Å². The summed E-state index contributed by atoms with van der Waals surface area (Å²) in [7, 11) is 0. The summed E-state index contributed by atoms with van der Waals surface area (Å²) in [5.41, 5.74) is 0.744. The molecule has 2 bridgehead atoms. The fourth-order valence-corrected chi connectivity index (χ4v) is 5.41. The molecule has 1 heterocycles. The lowest BCUT2D eigenvalue weighted by atomic mass is 9.70. The summed E-state index contributed by atoms with van der Waals surface area (Å²) in [6.45, 7) is 16.6. The van der Waals surface area contributed by atoms with E-state index in [9.17, 15) is 5.11 Å². The predicted octanol–water partition coefficient (Wildman–Crippen LogP) is 2.61. The van der Waals surface area contributed by atoms with Crippen molar-refractivity contribution in [3.63, 3.8) is 0 Å². The molecule has 3 rings (SSSR count). The van der Waals surface area contributed by atoms with Crippen LogP contribution in [0.25, 0.3) is 0 Å². The summed E-state index contributed by atoms with van der Waals surface area (Å²) in [5.74, 6) is 0.826. The maximum absolute atomic E-state index is 10.4. The van der Waals surface area contributed by atoms with E-state index in [4.69, 9.17) is 4.74 Å². The standard InChI is InChI=1S/C20H38N2O2/c1-5-21-9-11-22(12-10-21)15-17(23)7-13-24-18-14-16-6-8-20(18,4)19(16,2)3/h16-18,23H,5-15H2,1-4H3/t16-,17-,18-,20-/m0/s1. The van der Waals surface area contributed by atoms with Crippen LogP contribution in [0, 0.1) is 16.7 Å². The Bertz CT molecular complexity index is 420. The van der Waals surface area contributed by atoms with E-state index in [0.29, 0.717) is 23.5 Å². The minimum Gasteiger partial charge on any atom is -0.392 e. The highest BCUT2D eigenvalue weighted by molar-refractivity contribution is 5.11. The summed E-state index contributed by atoms with van der Waals surface area (Å²) in [6, 6.07) is 0. The number of likely N-dealkylation sites (N-methyl/N-ethyl adjacent to an activating group) is 1. The van der Waals surface area contributed by atoms with E-state index in [1.54, 1.807) is 0 Å². The van der Waals surface area contributed by atoms with Crippen LogP contribution < -0.4 is 0 Å². The minimum absolute atomic E-state index is 0.252. The average molecular weight is 339 g/mol. The van der Waals surface area contributed by atoms with E-state index in [1.807, 2.05) is 0 Å². The smallest absolute Gasteiger partial charge is 0.0689 e. The van der Waals surface area contributed by atoms with Gasteiger partial charge in [0, 0.05) is 39.3 Å². The third-order valence-corrected chi connectivity index (χ3v) is 7.87. The molecule has 0 radical (unpaired) electrons. The van der Waals surface area contributed by atoms with E-state index in [0.717, 1.165) is 51.6 Å². The van der Waals surface area contributed by atoms with Gasteiger partial charge in [0.1, 0.15) is 0 Å². The number of nitrogens with zero attached hydrogens (tertiary/aromatic N) is 2. The molecule has 1 N–H and O–H groups in total. The fourth-order valence-electron chi connectivity index (χ4n) is 5.41. The normalized spacial score (nSPS) is 37.9. The number of β-amino-alcohol motifs (C(OH)–C–C–N with tert-alkyl or cyclic N) is 1. The number of rotatable bonds is 7. The number of fused-ring (bicyclic) bond motifs is 2. The van der Waals surface area contributed by atoms with Gasteiger partial charge in [0.25, 0.3) is 0 Å². The van der Waals surface area contributed by atoms with Crippen molar-refractivity contribution in [3.8, 4) is 0 Å². The lowest BCUT2D eigenvalue weighted by Gasteiger charge is -2.39. The van der Waals surface area contributed by atoms with E-state index in [1.165, 1.54) is 19.3 Å². The van der Waals surface area contributed by atoms with Gasteiger partial charge in [0.05, 0.1) is 12.2 Å². The van der Waals surface area contributed by atoms with Gasteiger partial charge in [-0.1, -0.05) is 27.7 Å². The molecule has 0 unspecified atom stereocenters. The van der Waals surface area contributed by atoms with Crippen LogP contribution in [-0.4, -0.2) is 73.0 Å². The van der Waals surface area contributed by atoms with Crippen molar-refractivity contribution >= 4 is 0 Å². The van der Waals surface area contributed by atoms with Crippen molar-refractivity contribution in [1.82, 2.24) is 9.80 Å². The van der Waals surface area contributed by atoms with E-state index in [2.05, 4.69) is 37.5 Å².